The maximum absolute atomic E-state index is 10.9. The first-order valence-electron chi connectivity index (χ1n) is 6.42. The number of likely N-dealkylation sites (tertiary alicyclic amines) is 1. The van der Waals surface area contributed by atoms with Crippen LogP contribution in [0.2, 0.25) is 0 Å². The first kappa shape index (κ1) is 11.4. The van der Waals surface area contributed by atoms with E-state index in [-0.39, 0.29) is 6.10 Å². The van der Waals surface area contributed by atoms with E-state index in [1.807, 2.05) is 30.3 Å². The van der Waals surface area contributed by atoms with Crippen LogP contribution in [-0.4, -0.2) is 35.3 Å². The number of carboxylic acid groups (broad SMARTS) is 1. The van der Waals surface area contributed by atoms with Crippen molar-refractivity contribution >= 4 is 6.09 Å². The number of fused-ring (bicyclic) bond motifs is 1. The van der Waals surface area contributed by atoms with Crippen LogP contribution >= 0.6 is 0 Å². The second-order valence-electron chi connectivity index (χ2n) is 5.23. The van der Waals surface area contributed by atoms with E-state index in [2.05, 4.69) is 0 Å². The molecule has 18 heavy (non-hydrogen) atoms. The van der Waals surface area contributed by atoms with E-state index in [4.69, 9.17) is 9.84 Å². The number of amides is 1. The molecule has 2 aliphatic rings. The van der Waals surface area contributed by atoms with Crippen LogP contribution < -0.4 is 4.74 Å². The molecule has 1 saturated heterocycles. The SMILES string of the molecule is O=C(O)N1C[C@H]2CC(Oc3ccccc3)C[C@H]2C1. The van der Waals surface area contributed by atoms with E-state index in [1.165, 1.54) is 4.90 Å². The molecule has 96 valence electrons. The van der Waals surface area contributed by atoms with Gasteiger partial charge in [-0.05, 0) is 36.8 Å². The predicted octanol–water partition coefficient (Wildman–Crippen LogP) is 2.45. The van der Waals surface area contributed by atoms with E-state index < -0.39 is 6.09 Å². The molecule has 1 aliphatic carbocycles. The van der Waals surface area contributed by atoms with Gasteiger partial charge in [-0.1, -0.05) is 18.2 Å². The first-order valence-corrected chi connectivity index (χ1v) is 6.42. The highest BCUT2D eigenvalue weighted by Crippen LogP contribution is 2.39. The maximum atomic E-state index is 10.9. The molecule has 4 nitrogen and oxygen atoms in total. The van der Waals surface area contributed by atoms with Gasteiger partial charge >= 0.3 is 6.09 Å². The molecule has 0 aromatic heterocycles. The van der Waals surface area contributed by atoms with Gasteiger partial charge in [0.15, 0.2) is 0 Å². The molecule has 1 saturated carbocycles. The number of ether oxygens (including phenoxy) is 1. The Kier molecular flexibility index (Phi) is 2.86. The average Bonchev–Trinajstić information content (AvgIpc) is 2.88. The van der Waals surface area contributed by atoms with Crippen molar-refractivity contribution in [1.29, 1.82) is 0 Å². The van der Waals surface area contributed by atoms with Crippen molar-refractivity contribution in [2.75, 3.05) is 13.1 Å². The minimum absolute atomic E-state index is 0.248. The third kappa shape index (κ3) is 2.15. The smallest absolute Gasteiger partial charge is 0.407 e. The highest BCUT2D eigenvalue weighted by molar-refractivity contribution is 5.65. The van der Waals surface area contributed by atoms with Crippen LogP contribution in [-0.2, 0) is 0 Å². The number of para-hydroxylation sites is 1. The summed E-state index contributed by atoms with van der Waals surface area (Å²) in [7, 11) is 0. The van der Waals surface area contributed by atoms with Crippen molar-refractivity contribution in [2.24, 2.45) is 11.8 Å². The molecule has 0 radical (unpaired) electrons. The summed E-state index contributed by atoms with van der Waals surface area (Å²) < 4.78 is 5.94. The Hall–Kier alpha value is -1.71. The Balaban J connectivity index is 1.57. The second-order valence-corrected chi connectivity index (χ2v) is 5.23. The lowest BCUT2D eigenvalue weighted by Gasteiger charge is -2.17. The van der Waals surface area contributed by atoms with Crippen LogP contribution in [0.15, 0.2) is 30.3 Å². The van der Waals surface area contributed by atoms with Gasteiger partial charge in [-0.2, -0.15) is 0 Å². The van der Waals surface area contributed by atoms with E-state index in [0.29, 0.717) is 24.9 Å². The van der Waals surface area contributed by atoms with Gasteiger partial charge in [0.05, 0.1) is 6.10 Å². The molecule has 0 spiro atoms. The number of rotatable bonds is 2. The molecule has 2 fully saturated rings. The Morgan fingerprint density at radius 3 is 2.33 bits per heavy atom. The third-order valence-corrected chi connectivity index (χ3v) is 4.02. The van der Waals surface area contributed by atoms with Crippen molar-refractivity contribution in [3.05, 3.63) is 30.3 Å². The van der Waals surface area contributed by atoms with Gasteiger partial charge in [0.1, 0.15) is 5.75 Å². The van der Waals surface area contributed by atoms with Crippen molar-refractivity contribution in [1.82, 2.24) is 4.90 Å². The lowest BCUT2D eigenvalue weighted by Crippen LogP contribution is -2.29. The summed E-state index contributed by atoms with van der Waals surface area (Å²) in [5.74, 6) is 1.88. The molecule has 3 atom stereocenters. The van der Waals surface area contributed by atoms with Gasteiger partial charge in [0.25, 0.3) is 0 Å². The summed E-state index contributed by atoms with van der Waals surface area (Å²) in [5, 5.41) is 8.96. The van der Waals surface area contributed by atoms with Gasteiger partial charge in [-0.15, -0.1) is 0 Å². The molecular weight excluding hydrogens is 230 g/mol. The van der Waals surface area contributed by atoms with Gasteiger partial charge in [0.2, 0.25) is 0 Å². The zero-order valence-corrected chi connectivity index (χ0v) is 10.2. The van der Waals surface area contributed by atoms with Crippen LogP contribution in [0.3, 0.4) is 0 Å². The minimum Gasteiger partial charge on any atom is -0.490 e. The normalized spacial score (nSPS) is 30.2. The lowest BCUT2D eigenvalue weighted by molar-refractivity contribution is 0.144. The first-order chi connectivity index (χ1) is 8.72. The Bertz CT molecular complexity index is 420. The molecule has 3 rings (SSSR count). The van der Waals surface area contributed by atoms with Crippen molar-refractivity contribution in [2.45, 2.75) is 18.9 Å². The highest BCUT2D eigenvalue weighted by atomic mass is 16.5. The van der Waals surface area contributed by atoms with Crippen molar-refractivity contribution < 1.29 is 14.6 Å². The van der Waals surface area contributed by atoms with Crippen LogP contribution in [0.5, 0.6) is 5.75 Å². The zero-order valence-electron chi connectivity index (χ0n) is 10.2. The van der Waals surface area contributed by atoms with Crippen molar-refractivity contribution in [3.63, 3.8) is 0 Å². The van der Waals surface area contributed by atoms with Gasteiger partial charge in [-0.25, -0.2) is 4.79 Å². The number of nitrogens with zero attached hydrogens (tertiary/aromatic N) is 1. The average molecular weight is 247 g/mol. The topological polar surface area (TPSA) is 49.8 Å². The molecule has 1 unspecified atom stereocenters. The monoisotopic (exact) mass is 247 g/mol. The van der Waals surface area contributed by atoms with Crippen LogP contribution in [0, 0.1) is 11.8 Å². The summed E-state index contributed by atoms with van der Waals surface area (Å²) in [6, 6.07) is 9.85. The molecule has 4 heteroatoms. The maximum Gasteiger partial charge on any atom is 0.407 e. The Morgan fingerprint density at radius 1 is 1.17 bits per heavy atom. The van der Waals surface area contributed by atoms with Crippen LogP contribution in [0.1, 0.15) is 12.8 Å². The van der Waals surface area contributed by atoms with Gasteiger partial charge < -0.3 is 14.7 Å². The fourth-order valence-corrected chi connectivity index (χ4v) is 3.19. The van der Waals surface area contributed by atoms with Gasteiger partial charge in [0, 0.05) is 13.1 Å². The van der Waals surface area contributed by atoms with Crippen LogP contribution in [0.25, 0.3) is 0 Å². The lowest BCUT2D eigenvalue weighted by atomic mass is 10.0. The quantitative estimate of drug-likeness (QED) is 0.873. The molecule has 1 aromatic rings. The molecular formula is C14H17NO3. The standard InChI is InChI=1S/C14H17NO3/c16-14(17)15-8-10-6-13(7-11(10)9-15)18-12-4-2-1-3-5-12/h1-5,10-11,13H,6-9H2,(H,16,17)/t10-,11+,13?. The predicted molar refractivity (Wildman–Crippen MR) is 66.7 cm³/mol. The summed E-state index contributed by atoms with van der Waals surface area (Å²) in [6.45, 7) is 1.35. The van der Waals surface area contributed by atoms with Gasteiger partial charge in [-0.3, -0.25) is 0 Å². The fraction of sp³-hybridized carbons (Fsp3) is 0.500. The summed E-state index contributed by atoms with van der Waals surface area (Å²) >= 11 is 0. The second kappa shape index (κ2) is 4.52. The number of benzene rings is 1. The number of carbonyl (C=O) groups is 1. The highest BCUT2D eigenvalue weighted by Gasteiger charge is 2.43. The third-order valence-electron chi connectivity index (χ3n) is 4.02. The summed E-state index contributed by atoms with van der Waals surface area (Å²) in [6.07, 6.45) is 1.41. The number of hydrogen-bond donors (Lipinski definition) is 1. The molecule has 0 bridgehead atoms. The summed E-state index contributed by atoms with van der Waals surface area (Å²) in [4.78, 5) is 12.4. The molecule has 1 amide bonds. The molecule has 1 N–H and O–H groups in total. The van der Waals surface area contributed by atoms with Crippen LogP contribution in [0.4, 0.5) is 4.79 Å². The number of hydrogen-bond acceptors (Lipinski definition) is 2. The minimum atomic E-state index is -0.787. The Labute approximate surface area is 106 Å². The zero-order chi connectivity index (χ0) is 12.5. The summed E-state index contributed by atoms with van der Waals surface area (Å²) in [5.41, 5.74) is 0. The van der Waals surface area contributed by atoms with Crippen molar-refractivity contribution in [3.8, 4) is 5.75 Å². The van der Waals surface area contributed by atoms with E-state index in [0.717, 1.165) is 18.6 Å². The largest absolute Gasteiger partial charge is 0.490 e. The van der Waals surface area contributed by atoms with E-state index in [1.54, 1.807) is 0 Å². The molecule has 1 aliphatic heterocycles. The van der Waals surface area contributed by atoms with E-state index in [9.17, 15) is 4.79 Å². The molecule has 1 heterocycles. The molecule has 1 aromatic carbocycles. The Morgan fingerprint density at radius 2 is 1.78 bits per heavy atom. The van der Waals surface area contributed by atoms with E-state index >= 15 is 0 Å². The fourth-order valence-electron chi connectivity index (χ4n) is 3.19.